The molecule has 0 saturated carbocycles. The lowest BCUT2D eigenvalue weighted by Crippen LogP contribution is -2.19. The van der Waals surface area contributed by atoms with Crippen molar-refractivity contribution in [2.75, 3.05) is 5.32 Å². The van der Waals surface area contributed by atoms with Gasteiger partial charge in [-0.05, 0) is 30.3 Å². The third-order valence-electron chi connectivity index (χ3n) is 2.53. The van der Waals surface area contributed by atoms with Crippen LogP contribution in [0.15, 0.2) is 36.5 Å². The number of halogens is 3. The maximum absolute atomic E-state index is 12.4. The monoisotopic (exact) mass is 294 g/mol. The SMILES string of the molecule is N#Cc1ccc(NC(=O)Cn2ccc(C(F)(F)F)n2)cc1. The fourth-order valence-electron chi connectivity index (χ4n) is 1.58. The third-order valence-corrected chi connectivity index (χ3v) is 2.53. The molecule has 5 nitrogen and oxygen atoms in total. The average molecular weight is 294 g/mol. The molecule has 0 radical (unpaired) electrons. The number of nitrogens with zero attached hydrogens (tertiary/aromatic N) is 3. The van der Waals surface area contributed by atoms with E-state index in [1.807, 2.05) is 6.07 Å². The molecule has 2 rings (SSSR count). The van der Waals surface area contributed by atoms with Gasteiger partial charge in [-0.15, -0.1) is 0 Å². The molecule has 0 spiro atoms. The van der Waals surface area contributed by atoms with E-state index < -0.39 is 17.8 Å². The molecule has 0 bridgehead atoms. The smallest absolute Gasteiger partial charge is 0.324 e. The van der Waals surface area contributed by atoms with Gasteiger partial charge in [0.25, 0.3) is 0 Å². The molecule has 0 unspecified atom stereocenters. The lowest BCUT2D eigenvalue weighted by Gasteiger charge is -2.05. The molecule has 1 aromatic carbocycles. The predicted octanol–water partition coefficient (Wildman–Crippen LogP) is 2.41. The van der Waals surface area contributed by atoms with Gasteiger partial charge in [-0.1, -0.05) is 0 Å². The minimum Gasteiger partial charge on any atom is -0.324 e. The van der Waals surface area contributed by atoms with Crippen LogP contribution in [0.25, 0.3) is 0 Å². The van der Waals surface area contributed by atoms with Crippen molar-refractivity contribution in [2.24, 2.45) is 0 Å². The summed E-state index contributed by atoms with van der Waals surface area (Å²) in [7, 11) is 0. The zero-order valence-corrected chi connectivity index (χ0v) is 10.6. The Morgan fingerprint density at radius 3 is 2.48 bits per heavy atom. The van der Waals surface area contributed by atoms with Crippen LogP contribution < -0.4 is 5.32 Å². The number of carbonyl (C=O) groups is 1. The number of rotatable bonds is 3. The van der Waals surface area contributed by atoms with E-state index in [-0.39, 0.29) is 6.54 Å². The maximum atomic E-state index is 12.4. The fraction of sp³-hybridized carbons (Fsp3) is 0.154. The van der Waals surface area contributed by atoms with E-state index in [1.165, 1.54) is 24.3 Å². The van der Waals surface area contributed by atoms with E-state index in [9.17, 15) is 18.0 Å². The van der Waals surface area contributed by atoms with Crippen LogP contribution in [0.1, 0.15) is 11.3 Å². The largest absolute Gasteiger partial charge is 0.435 e. The molecule has 0 aliphatic carbocycles. The number of benzene rings is 1. The van der Waals surface area contributed by atoms with E-state index >= 15 is 0 Å². The summed E-state index contributed by atoms with van der Waals surface area (Å²) in [6.45, 7) is -0.337. The number of hydrogen-bond donors (Lipinski definition) is 1. The number of amides is 1. The molecule has 1 heterocycles. The molecule has 0 fully saturated rings. The van der Waals surface area contributed by atoms with Crippen LogP contribution in [0.3, 0.4) is 0 Å². The van der Waals surface area contributed by atoms with Crippen LogP contribution in [0.4, 0.5) is 18.9 Å². The molecule has 0 aliphatic rings. The molecule has 1 aromatic heterocycles. The predicted molar refractivity (Wildman–Crippen MR) is 67.0 cm³/mol. The van der Waals surface area contributed by atoms with Gasteiger partial charge >= 0.3 is 6.18 Å². The molecule has 108 valence electrons. The Morgan fingerprint density at radius 1 is 1.29 bits per heavy atom. The maximum Gasteiger partial charge on any atom is 0.435 e. The van der Waals surface area contributed by atoms with Gasteiger partial charge in [0.05, 0.1) is 11.6 Å². The van der Waals surface area contributed by atoms with Gasteiger partial charge in [0.2, 0.25) is 5.91 Å². The van der Waals surface area contributed by atoms with E-state index in [4.69, 9.17) is 5.26 Å². The van der Waals surface area contributed by atoms with Crippen LogP contribution in [-0.2, 0) is 17.5 Å². The topological polar surface area (TPSA) is 70.7 Å². The van der Waals surface area contributed by atoms with Gasteiger partial charge in [-0.25, -0.2) is 0 Å². The number of anilines is 1. The van der Waals surface area contributed by atoms with Crippen LogP contribution in [0, 0.1) is 11.3 Å². The number of nitriles is 1. The van der Waals surface area contributed by atoms with Gasteiger partial charge < -0.3 is 5.32 Å². The normalized spacial score (nSPS) is 11.0. The van der Waals surface area contributed by atoms with Crippen LogP contribution in [-0.4, -0.2) is 15.7 Å². The van der Waals surface area contributed by atoms with Crippen molar-refractivity contribution in [3.05, 3.63) is 47.8 Å². The van der Waals surface area contributed by atoms with Crippen molar-refractivity contribution < 1.29 is 18.0 Å². The lowest BCUT2D eigenvalue weighted by molar-refractivity contribution is -0.141. The highest BCUT2D eigenvalue weighted by atomic mass is 19.4. The van der Waals surface area contributed by atoms with Gasteiger partial charge in [0.1, 0.15) is 6.54 Å². The van der Waals surface area contributed by atoms with E-state index in [0.29, 0.717) is 11.3 Å². The van der Waals surface area contributed by atoms with Crippen molar-refractivity contribution in [2.45, 2.75) is 12.7 Å². The summed E-state index contributed by atoms with van der Waals surface area (Å²) in [6, 6.07) is 8.83. The van der Waals surface area contributed by atoms with Gasteiger partial charge in [0, 0.05) is 11.9 Å². The summed E-state index contributed by atoms with van der Waals surface area (Å²) in [5.41, 5.74) is -0.161. The first-order valence-corrected chi connectivity index (χ1v) is 5.79. The number of nitrogens with one attached hydrogen (secondary N) is 1. The first kappa shape index (κ1) is 14.6. The summed E-state index contributed by atoms with van der Waals surface area (Å²) in [4.78, 5) is 11.7. The van der Waals surface area contributed by atoms with Crippen molar-refractivity contribution in [1.82, 2.24) is 9.78 Å². The second-order valence-corrected chi connectivity index (χ2v) is 4.13. The molecule has 2 aromatic rings. The van der Waals surface area contributed by atoms with Gasteiger partial charge in [-0.2, -0.15) is 23.5 Å². The third kappa shape index (κ3) is 3.82. The second-order valence-electron chi connectivity index (χ2n) is 4.13. The highest BCUT2D eigenvalue weighted by molar-refractivity contribution is 5.90. The Bertz CT molecular complexity index is 683. The van der Waals surface area contributed by atoms with Gasteiger partial charge in [0.15, 0.2) is 5.69 Å². The number of hydrogen-bond acceptors (Lipinski definition) is 3. The molecule has 1 N–H and O–H groups in total. The molecule has 8 heteroatoms. The highest BCUT2D eigenvalue weighted by Crippen LogP contribution is 2.27. The molecular formula is C13H9F3N4O. The van der Waals surface area contributed by atoms with Gasteiger partial charge in [-0.3, -0.25) is 9.48 Å². The second kappa shape index (κ2) is 5.66. The van der Waals surface area contributed by atoms with Crippen molar-refractivity contribution in [3.63, 3.8) is 0 Å². The molecule has 0 saturated heterocycles. The fourth-order valence-corrected chi connectivity index (χ4v) is 1.58. The molecular weight excluding hydrogens is 285 g/mol. The van der Waals surface area contributed by atoms with Crippen molar-refractivity contribution >= 4 is 11.6 Å². The average Bonchev–Trinajstić information content (AvgIpc) is 2.88. The summed E-state index contributed by atoms with van der Waals surface area (Å²) in [5, 5.41) is 14.4. The van der Waals surface area contributed by atoms with Crippen molar-refractivity contribution in [1.29, 1.82) is 5.26 Å². The Morgan fingerprint density at radius 2 is 1.95 bits per heavy atom. The minimum atomic E-state index is -4.53. The zero-order valence-electron chi connectivity index (χ0n) is 10.6. The molecule has 0 aliphatic heterocycles. The summed E-state index contributed by atoms with van der Waals surface area (Å²) in [5.74, 6) is -0.517. The minimum absolute atomic E-state index is 0.337. The first-order chi connectivity index (χ1) is 9.88. The summed E-state index contributed by atoms with van der Waals surface area (Å²) >= 11 is 0. The first-order valence-electron chi connectivity index (χ1n) is 5.79. The Hall–Kier alpha value is -2.82. The number of aromatic nitrogens is 2. The van der Waals surface area contributed by atoms with Crippen LogP contribution in [0.2, 0.25) is 0 Å². The van der Waals surface area contributed by atoms with E-state index in [0.717, 1.165) is 16.9 Å². The molecule has 1 amide bonds. The Balaban J connectivity index is 1.98. The molecule has 21 heavy (non-hydrogen) atoms. The standard InChI is InChI=1S/C13H9F3N4O/c14-13(15,16)11-5-6-20(19-11)8-12(21)18-10-3-1-9(7-17)2-4-10/h1-6H,8H2,(H,18,21). The van der Waals surface area contributed by atoms with E-state index in [2.05, 4.69) is 10.4 Å². The Labute approximate surface area is 117 Å². The Kier molecular flexibility index (Phi) is 3.93. The lowest BCUT2D eigenvalue weighted by atomic mass is 10.2. The molecule has 0 atom stereocenters. The summed E-state index contributed by atoms with van der Waals surface area (Å²) < 4.78 is 38.0. The van der Waals surface area contributed by atoms with E-state index in [1.54, 1.807) is 0 Å². The number of alkyl halides is 3. The number of carbonyl (C=O) groups excluding carboxylic acids is 1. The quantitative estimate of drug-likeness (QED) is 0.945. The van der Waals surface area contributed by atoms with Crippen molar-refractivity contribution in [3.8, 4) is 6.07 Å². The highest BCUT2D eigenvalue weighted by Gasteiger charge is 2.33. The zero-order chi connectivity index (χ0) is 15.5. The van der Waals surface area contributed by atoms with Crippen LogP contribution >= 0.6 is 0 Å². The van der Waals surface area contributed by atoms with Crippen LogP contribution in [0.5, 0.6) is 0 Å². The summed E-state index contributed by atoms with van der Waals surface area (Å²) in [6.07, 6.45) is -3.45.